The van der Waals surface area contributed by atoms with Crippen molar-refractivity contribution in [1.82, 2.24) is 5.32 Å². The molecule has 25 heavy (non-hydrogen) atoms. The van der Waals surface area contributed by atoms with E-state index in [4.69, 9.17) is 0 Å². The second-order valence-corrected chi connectivity index (χ2v) is 7.70. The van der Waals surface area contributed by atoms with Crippen molar-refractivity contribution in [2.45, 2.75) is 50.2 Å². The molecule has 0 radical (unpaired) electrons. The zero-order chi connectivity index (χ0) is 17.4. The van der Waals surface area contributed by atoms with Crippen LogP contribution < -0.4 is 5.32 Å². The molecule has 1 N–H and O–H groups in total. The van der Waals surface area contributed by atoms with Gasteiger partial charge in [0.05, 0.1) is 0 Å². The van der Waals surface area contributed by atoms with Crippen molar-refractivity contribution in [3.8, 4) is 0 Å². The van der Waals surface area contributed by atoms with Crippen LogP contribution in [0, 0.1) is 17.8 Å². The first-order valence-electron chi connectivity index (χ1n) is 9.35. The van der Waals surface area contributed by atoms with Gasteiger partial charge in [0.1, 0.15) is 12.1 Å². The molecular formula is C21H24FNO2. The quantitative estimate of drug-likeness (QED) is 0.672. The van der Waals surface area contributed by atoms with Gasteiger partial charge in [-0.3, -0.25) is 9.59 Å². The number of ketones is 1. The van der Waals surface area contributed by atoms with Crippen molar-refractivity contribution < 1.29 is 14.0 Å². The average Bonchev–Trinajstić information content (AvgIpc) is 3.44. The van der Waals surface area contributed by atoms with E-state index in [-0.39, 0.29) is 29.6 Å². The molecule has 1 saturated heterocycles. The van der Waals surface area contributed by atoms with E-state index in [0.717, 1.165) is 18.4 Å². The maximum absolute atomic E-state index is 14.1. The molecule has 1 heterocycles. The number of allylic oxidation sites excluding steroid dienone is 2. The molecule has 0 bridgehead atoms. The van der Waals surface area contributed by atoms with Crippen molar-refractivity contribution in [3.05, 3.63) is 48.0 Å². The van der Waals surface area contributed by atoms with E-state index in [2.05, 4.69) is 5.32 Å². The number of carbonyl (C=O) groups excluding carboxylic acids is 2. The predicted octanol–water partition coefficient (Wildman–Crippen LogP) is 3.56. The lowest BCUT2D eigenvalue weighted by Crippen LogP contribution is -2.57. The third-order valence-corrected chi connectivity index (χ3v) is 5.91. The number of rotatable bonds is 4. The zero-order valence-corrected chi connectivity index (χ0v) is 14.2. The van der Waals surface area contributed by atoms with Gasteiger partial charge in [0.25, 0.3) is 0 Å². The molecule has 3 fully saturated rings. The first-order valence-corrected chi connectivity index (χ1v) is 9.35. The van der Waals surface area contributed by atoms with E-state index >= 15 is 0 Å². The fourth-order valence-corrected chi connectivity index (χ4v) is 4.46. The summed E-state index contributed by atoms with van der Waals surface area (Å²) in [7, 11) is 0. The highest BCUT2D eigenvalue weighted by Gasteiger charge is 2.49. The van der Waals surface area contributed by atoms with E-state index in [0.29, 0.717) is 25.2 Å². The largest absolute Gasteiger partial charge is 0.352 e. The van der Waals surface area contributed by atoms with E-state index in [9.17, 15) is 14.0 Å². The van der Waals surface area contributed by atoms with Crippen LogP contribution in [0.4, 0.5) is 4.39 Å². The molecule has 0 aromatic heterocycles. The molecule has 5 atom stereocenters. The highest BCUT2D eigenvalue weighted by Crippen LogP contribution is 2.45. The summed E-state index contributed by atoms with van der Waals surface area (Å²) in [6.45, 7) is 0. The van der Waals surface area contributed by atoms with E-state index in [1.165, 1.54) is 0 Å². The van der Waals surface area contributed by atoms with Crippen molar-refractivity contribution in [1.29, 1.82) is 0 Å². The van der Waals surface area contributed by atoms with Crippen LogP contribution >= 0.6 is 0 Å². The highest BCUT2D eigenvalue weighted by molar-refractivity contribution is 6.08. The molecule has 1 aliphatic heterocycles. The molecule has 4 rings (SSSR count). The Kier molecular flexibility index (Phi) is 4.45. The van der Waals surface area contributed by atoms with Gasteiger partial charge in [0.15, 0.2) is 5.78 Å². The summed E-state index contributed by atoms with van der Waals surface area (Å²) in [5.41, 5.74) is 0.972. The molecule has 1 amide bonds. The van der Waals surface area contributed by atoms with Crippen LogP contribution in [0.3, 0.4) is 0 Å². The van der Waals surface area contributed by atoms with Crippen LogP contribution in [0.1, 0.15) is 43.6 Å². The van der Waals surface area contributed by atoms with Gasteiger partial charge in [-0.1, -0.05) is 36.4 Å². The van der Waals surface area contributed by atoms with Crippen molar-refractivity contribution in [2.24, 2.45) is 17.8 Å². The van der Waals surface area contributed by atoms with Crippen LogP contribution in [0.2, 0.25) is 0 Å². The second-order valence-electron chi connectivity index (χ2n) is 7.70. The summed E-state index contributed by atoms with van der Waals surface area (Å²) >= 11 is 0. The number of carbonyl (C=O) groups is 2. The lowest BCUT2D eigenvalue weighted by molar-refractivity contribution is -0.138. The van der Waals surface area contributed by atoms with Crippen LogP contribution in [-0.2, 0) is 9.59 Å². The van der Waals surface area contributed by atoms with Crippen LogP contribution in [0.15, 0.2) is 42.5 Å². The Morgan fingerprint density at radius 2 is 1.88 bits per heavy atom. The summed E-state index contributed by atoms with van der Waals surface area (Å²) in [6.07, 6.45) is 6.48. The maximum Gasteiger partial charge on any atom is 0.231 e. The number of halogens is 1. The summed E-state index contributed by atoms with van der Waals surface area (Å²) < 4.78 is 14.1. The minimum absolute atomic E-state index is 0.0212. The fourth-order valence-electron chi connectivity index (χ4n) is 4.46. The minimum Gasteiger partial charge on any atom is -0.352 e. The third kappa shape index (κ3) is 3.39. The SMILES string of the molecule is O=C(/C=C/C1CC1)C1C(=O)NC2CCC(F)CC2C1c1ccccc1. The maximum atomic E-state index is 14.1. The van der Waals surface area contributed by atoms with Crippen LogP contribution in [-0.4, -0.2) is 23.9 Å². The molecule has 0 spiro atoms. The Labute approximate surface area is 147 Å². The summed E-state index contributed by atoms with van der Waals surface area (Å²) in [6, 6.07) is 9.68. The third-order valence-electron chi connectivity index (χ3n) is 5.91. The van der Waals surface area contributed by atoms with E-state index < -0.39 is 12.1 Å². The molecule has 1 aromatic carbocycles. The normalized spacial score (nSPS) is 35.2. The van der Waals surface area contributed by atoms with Crippen LogP contribution in [0.25, 0.3) is 0 Å². The van der Waals surface area contributed by atoms with E-state index in [1.54, 1.807) is 6.08 Å². The summed E-state index contributed by atoms with van der Waals surface area (Å²) in [5, 5.41) is 3.01. The Morgan fingerprint density at radius 1 is 1.12 bits per heavy atom. The van der Waals surface area contributed by atoms with Gasteiger partial charge in [-0.05, 0) is 55.6 Å². The fraction of sp³-hybridized carbons (Fsp3) is 0.524. The second kappa shape index (κ2) is 6.74. The highest BCUT2D eigenvalue weighted by atomic mass is 19.1. The Morgan fingerprint density at radius 3 is 2.60 bits per heavy atom. The van der Waals surface area contributed by atoms with Gasteiger partial charge < -0.3 is 5.32 Å². The lowest BCUT2D eigenvalue weighted by atomic mass is 9.64. The molecule has 1 aromatic rings. The standard InChI is InChI=1S/C21H24FNO2/c22-15-9-10-17-16(12-15)19(14-4-2-1-3-5-14)20(21(25)23-17)18(24)11-8-13-6-7-13/h1-5,8,11,13,15-17,19-20H,6-7,9-10,12H2,(H,23,25)/b11-8+. The Bertz CT molecular complexity index is 682. The van der Waals surface area contributed by atoms with Gasteiger partial charge >= 0.3 is 0 Å². The summed E-state index contributed by atoms with van der Waals surface area (Å²) in [4.78, 5) is 25.6. The summed E-state index contributed by atoms with van der Waals surface area (Å²) in [5.74, 6) is -0.857. The number of benzene rings is 1. The van der Waals surface area contributed by atoms with Gasteiger partial charge in [-0.25, -0.2) is 4.39 Å². The van der Waals surface area contributed by atoms with E-state index in [1.807, 2.05) is 36.4 Å². The van der Waals surface area contributed by atoms with Crippen molar-refractivity contribution in [3.63, 3.8) is 0 Å². The molecule has 2 aliphatic carbocycles. The van der Waals surface area contributed by atoms with Gasteiger partial charge in [-0.15, -0.1) is 0 Å². The lowest BCUT2D eigenvalue weighted by Gasteiger charge is -2.45. The Balaban J connectivity index is 1.68. The van der Waals surface area contributed by atoms with Crippen molar-refractivity contribution >= 4 is 11.7 Å². The molecule has 4 heteroatoms. The molecule has 5 unspecified atom stereocenters. The number of nitrogens with one attached hydrogen (secondary N) is 1. The first kappa shape index (κ1) is 16.5. The average molecular weight is 341 g/mol. The van der Waals surface area contributed by atoms with Gasteiger partial charge in [-0.2, -0.15) is 0 Å². The van der Waals surface area contributed by atoms with Gasteiger partial charge in [0, 0.05) is 12.0 Å². The van der Waals surface area contributed by atoms with Crippen LogP contribution in [0.5, 0.6) is 0 Å². The Hall–Kier alpha value is -1.97. The molecule has 2 saturated carbocycles. The zero-order valence-electron chi connectivity index (χ0n) is 14.2. The number of hydrogen-bond acceptors (Lipinski definition) is 2. The van der Waals surface area contributed by atoms with Gasteiger partial charge in [0.2, 0.25) is 5.91 Å². The van der Waals surface area contributed by atoms with Crippen molar-refractivity contribution in [2.75, 3.05) is 0 Å². The smallest absolute Gasteiger partial charge is 0.231 e. The monoisotopic (exact) mass is 341 g/mol. The number of piperidine rings is 1. The number of hydrogen-bond donors (Lipinski definition) is 1. The molecule has 132 valence electrons. The number of amides is 1. The number of alkyl halides is 1. The topological polar surface area (TPSA) is 46.2 Å². The number of fused-ring (bicyclic) bond motifs is 1. The molecule has 3 nitrogen and oxygen atoms in total. The molecular weight excluding hydrogens is 317 g/mol. The minimum atomic E-state index is -0.847. The predicted molar refractivity (Wildman–Crippen MR) is 93.7 cm³/mol. The molecule has 3 aliphatic rings. The first-order chi connectivity index (χ1) is 12.1.